The fourth-order valence-electron chi connectivity index (χ4n) is 1.94. The van der Waals surface area contributed by atoms with Gasteiger partial charge >= 0.3 is 12.0 Å². The van der Waals surface area contributed by atoms with Crippen molar-refractivity contribution in [1.29, 1.82) is 0 Å². The second-order valence-electron chi connectivity index (χ2n) is 4.44. The topological polar surface area (TPSA) is 108 Å². The van der Waals surface area contributed by atoms with Gasteiger partial charge < -0.3 is 25.6 Å². The van der Waals surface area contributed by atoms with E-state index in [1.165, 1.54) is 0 Å². The van der Waals surface area contributed by atoms with Crippen molar-refractivity contribution in [2.75, 3.05) is 13.2 Å². The van der Waals surface area contributed by atoms with Crippen LogP contribution in [0.3, 0.4) is 0 Å². The highest BCUT2D eigenvalue weighted by atomic mass is 16.5. The molecule has 0 radical (unpaired) electrons. The highest BCUT2D eigenvalue weighted by Crippen LogP contribution is 2.31. The van der Waals surface area contributed by atoms with Crippen LogP contribution in [0.25, 0.3) is 0 Å². The van der Waals surface area contributed by atoms with Crippen molar-refractivity contribution in [3.8, 4) is 5.75 Å². The van der Waals surface area contributed by atoms with Gasteiger partial charge in [0.15, 0.2) is 6.10 Å². The zero-order valence-electron chi connectivity index (χ0n) is 10.7. The summed E-state index contributed by atoms with van der Waals surface area (Å²) < 4.78 is 5.43. The molecule has 7 heteroatoms. The smallest absolute Gasteiger partial charge is 0.332 e. The molecule has 7 nitrogen and oxygen atoms in total. The number of carboxylic acid groups (broad SMARTS) is 1. The molecule has 0 bridgehead atoms. The molecule has 0 aromatic heterocycles. The summed E-state index contributed by atoms with van der Waals surface area (Å²) in [5.74, 6) is -0.551. The molecule has 0 saturated carbocycles. The number of ether oxygens (including phenoxy) is 1. The summed E-state index contributed by atoms with van der Waals surface area (Å²) in [5.41, 5.74) is 0.910. The molecule has 1 aliphatic rings. The lowest BCUT2D eigenvalue weighted by atomic mass is 10.1. The molecule has 0 aliphatic carbocycles. The highest BCUT2D eigenvalue weighted by Gasteiger charge is 2.25. The van der Waals surface area contributed by atoms with Gasteiger partial charge in [0, 0.05) is 18.5 Å². The molecule has 0 saturated heterocycles. The van der Waals surface area contributed by atoms with Gasteiger partial charge in [-0.25, -0.2) is 9.59 Å². The van der Waals surface area contributed by atoms with E-state index in [1.54, 1.807) is 0 Å². The van der Waals surface area contributed by atoms with Crippen molar-refractivity contribution in [3.05, 3.63) is 29.8 Å². The first-order valence-corrected chi connectivity index (χ1v) is 6.25. The first-order chi connectivity index (χ1) is 9.58. The van der Waals surface area contributed by atoms with E-state index < -0.39 is 18.1 Å². The van der Waals surface area contributed by atoms with E-state index in [2.05, 4.69) is 10.6 Å². The zero-order valence-corrected chi connectivity index (χ0v) is 10.7. The van der Waals surface area contributed by atoms with Crippen LogP contribution in [0, 0.1) is 0 Å². The van der Waals surface area contributed by atoms with Gasteiger partial charge in [0.1, 0.15) is 12.4 Å². The predicted octanol–water partition coefficient (Wildman–Crippen LogP) is 0.255. The lowest BCUT2D eigenvalue weighted by Gasteiger charge is -2.13. The Morgan fingerprint density at radius 2 is 2.15 bits per heavy atom. The van der Waals surface area contributed by atoms with E-state index in [1.807, 2.05) is 24.3 Å². The molecule has 4 N–H and O–H groups in total. The summed E-state index contributed by atoms with van der Waals surface area (Å²) >= 11 is 0. The van der Waals surface area contributed by atoms with E-state index in [0.29, 0.717) is 6.61 Å². The summed E-state index contributed by atoms with van der Waals surface area (Å²) in [5, 5.41) is 22.8. The van der Waals surface area contributed by atoms with Crippen LogP contribution in [0.15, 0.2) is 24.3 Å². The molecule has 20 heavy (non-hydrogen) atoms. The van der Waals surface area contributed by atoms with Crippen LogP contribution in [0.5, 0.6) is 5.75 Å². The number of carboxylic acids is 1. The monoisotopic (exact) mass is 280 g/mol. The van der Waals surface area contributed by atoms with Crippen molar-refractivity contribution in [2.45, 2.75) is 18.6 Å². The minimum atomic E-state index is -1.47. The van der Waals surface area contributed by atoms with Gasteiger partial charge in [0.2, 0.25) is 0 Å². The molecule has 1 heterocycles. The summed E-state index contributed by atoms with van der Waals surface area (Å²) in [7, 11) is 0. The lowest BCUT2D eigenvalue weighted by Crippen LogP contribution is -2.40. The van der Waals surface area contributed by atoms with Gasteiger partial charge in [-0.15, -0.1) is 0 Å². The number of aliphatic hydroxyl groups is 1. The molecule has 1 aromatic carbocycles. The third-order valence-electron chi connectivity index (χ3n) is 2.99. The van der Waals surface area contributed by atoms with Gasteiger partial charge in [0.25, 0.3) is 0 Å². The first kappa shape index (κ1) is 14.1. The Balaban J connectivity index is 1.77. The maximum Gasteiger partial charge on any atom is 0.332 e. The van der Waals surface area contributed by atoms with Crippen molar-refractivity contribution in [1.82, 2.24) is 10.6 Å². The Morgan fingerprint density at radius 1 is 1.40 bits per heavy atom. The van der Waals surface area contributed by atoms with Gasteiger partial charge in [-0.3, -0.25) is 0 Å². The quantitative estimate of drug-likeness (QED) is 0.618. The number of hydrogen-bond donors (Lipinski definition) is 4. The highest BCUT2D eigenvalue weighted by molar-refractivity contribution is 5.75. The number of aliphatic carboxylic acids is 1. The van der Waals surface area contributed by atoms with Crippen molar-refractivity contribution in [2.24, 2.45) is 0 Å². The van der Waals surface area contributed by atoms with Gasteiger partial charge in [-0.1, -0.05) is 18.2 Å². The van der Waals surface area contributed by atoms with E-state index in [-0.39, 0.29) is 19.0 Å². The van der Waals surface area contributed by atoms with Gasteiger partial charge in [-0.05, 0) is 6.07 Å². The number of urea groups is 1. The average Bonchev–Trinajstić information content (AvgIpc) is 2.82. The van der Waals surface area contributed by atoms with E-state index in [9.17, 15) is 9.59 Å². The average molecular weight is 280 g/mol. The number of rotatable bonds is 5. The first-order valence-electron chi connectivity index (χ1n) is 6.25. The van der Waals surface area contributed by atoms with Crippen LogP contribution in [0.2, 0.25) is 0 Å². The van der Waals surface area contributed by atoms with Crippen molar-refractivity contribution in [3.63, 3.8) is 0 Å². The van der Waals surface area contributed by atoms with Crippen molar-refractivity contribution >= 4 is 12.0 Å². The lowest BCUT2D eigenvalue weighted by molar-refractivity contribution is -0.146. The Labute approximate surface area is 115 Å². The zero-order chi connectivity index (χ0) is 14.5. The van der Waals surface area contributed by atoms with Gasteiger partial charge in [0.05, 0.1) is 6.04 Å². The number of para-hydroxylation sites is 1. The van der Waals surface area contributed by atoms with E-state index in [4.69, 9.17) is 14.9 Å². The fraction of sp³-hybridized carbons (Fsp3) is 0.385. The second-order valence-corrected chi connectivity index (χ2v) is 4.44. The molecule has 2 atom stereocenters. The number of amides is 2. The van der Waals surface area contributed by atoms with Gasteiger partial charge in [-0.2, -0.15) is 0 Å². The number of nitrogens with one attached hydrogen (secondary N) is 2. The van der Waals surface area contributed by atoms with E-state index in [0.717, 1.165) is 11.3 Å². The Bertz CT molecular complexity index is 505. The van der Waals surface area contributed by atoms with Crippen LogP contribution in [0.1, 0.15) is 18.0 Å². The molecule has 1 aromatic rings. The molecular weight excluding hydrogens is 264 g/mol. The minimum Gasteiger partial charge on any atom is -0.491 e. The van der Waals surface area contributed by atoms with Crippen LogP contribution in [0.4, 0.5) is 4.79 Å². The molecule has 1 aliphatic heterocycles. The Morgan fingerprint density at radius 3 is 2.90 bits per heavy atom. The third-order valence-corrected chi connectivity index (χ3v) is 2.99. The van der Waals surface area contributed by atoms with Crippen molar-refractivity contribution < 1.29 is 24.5 Å². The number of hydrogen-bond acceptors (Lipinski definition) is 4. The van der Waals surface area contributed by atoms with Crippen LogP contribution < -0.4 is 15.4 Å². The maximum atomic E-state index is 11.7. The number of carbonyl (C=O) groups is 2. The SMILES string of the molecule is O=C(NCCC(O)C(=O)O)NC1COc2ccccc21. The van der Waals surface area contributed by atoms with E-state index >= 15 is 0 Å². The fourth-order valence-corrected chi connectivity index (χ4v) is 1.94. The molecule has 2 amide bonds. The molecular formula is C13H16N2O5. The third kappa shape index (κ3) is 3.39. The van der Waals surface area contributed by atoms with Crippen LogP contribution in [-0.2, 0) is 4.79 Å². The Kier molecular flexibility index (Phi) is 4.41. The molecule has 108 valence electrons. The molecule has 2 unspecified atom stereocenters. The number of fused-ring (bicyclic) bond motifs is 1. The second kappa shape index (κ2) is 6.25. The number of aliphatic hydroxyl groups excluding tert-OH is 1. The standard InChI is InChI=1S/C13H16N2O5/c16-10(12(17)18)5-6-14-13(19)15-9-7-20-11-4-2-1-3-8(9)11/h1-4,9-10,16H,5-7H2,(H,17,18)(H2,14,15,19). The summed E-state index contributed by atoms with van der Waals surface area (Å²) in [6.45, 7) is 0.443. The number of benzene rings is 1. The number of carbonyl (C=O) groups excluding carboxylic acids is 1. The molecule has 0 fully saturated rings. The summed E-state index contributed by atoms with van der Waals surface area (Å²) in [6.07, 6.45) is -1.51. The predicted molar refractivity (Wildman–Crippen MR) is 69.5 cm³/mol. The summed E-state index contributed by atoms with van der Waals surface area (Å²) in [4.78, 5) is 22.0. The minimum absolute atomic E-state index is 0.0412. The van der Waals surface area contributed by atoms with Crippen LogP contribution in [-0.4, -0.2) is 41.5 Å². The largest absolute Gasteiger partial charge is 0.491 e. The molecule has 2 rings (SSSR count). The Hall–Kier alpha value is -2.28. The molecule has 0 spiro atoms. The summed E-state index contributed by atoms with van der Waals surface area (Å²) in [6, 6.07) is 6.78. The normalized spacial score (nSPS) is 17.8. The maximum absolute atomic E-state index is 11.7. The van der Waals surface area contributed by atoms with Crippen LogP contribution >= 0.6 is 0 Å².